The first-order valence-electron chi connectivity index (χ1n) is 11.8. The molecule has 0 saturated heterocycles. The van der Waals surface area contributed by atoms with Crippen LogP contribution >= 0.6 is 0 Å². The maximum atomic E-state index is 13.7. The fraction of sp³-hybridized carbons (Fsp3) is 0.370. The van der Waals surface area contributed by atoms with Gasteiger partial charge in [-0.15, -0.1) is 0 Å². The van der Waals surface area contributed by atoms with E-state index in [0.717, 1.165) is 6.07 Å². The highest BCUT2D eigenvalue weighted by Crippen LogP contribution is 2.46. The van der Waals surface area contributed by atoms with Crippen LogP contribution in [-0.4, -0.2) is 38.4 Å². The number of hydrogen-bond donors (Lipinski definition) is 3. The Labute approximate surface area is 212 Å². The van der Waals surface area contributed by atoms with Gasteiger partial charge in [0.1, 0.15) is 11.6 Å². The van der Waals surface area contributed by atoms with Crippen molar-refractivity contribution in [3.8, 4) is 16.9 Å². The Bertz CT molecular complexity index is 1240. The third-order valence-corrected chi connectivity index (χ3v) is 6.17. The molecule has 0 radical (unpaired) electrons. The number of nitrogens with one attached hydrogen (secondary N) is 1. The first-order chi connectivity index (χ1) is 17.4. The zero-order valence-corrected chi connectivity index (χ0v) is 20.4. The van der Waals surface area contributed by atoms with Gasteiger partial charge in [0.05, 0.1) is 41.8 Å². The van der Waals surface area contributed by atoms with Gasteiger partial charge in [-0.1, -0.05) is 18.2 Å². The first kappa shape index (κ1) is 26.4. The van der Waals surface area contributed by atoms with Crippen molar-refractivity contribution in [2.24, 2.45) is 5.92 Å². The number of aromatic nitrogens is 2. The van der Waals surface area contributed by atoms with Crippen molar-refractivity contribution < 1.29 is 32.9 Å². The Balaban J connectivity index is 1.46. The number of aliphatic carboxylic acids is 1. The van der Waals surface area contributed by atoms with Gasteiger partial charge in [0.25, 0.3) is 0 Å². The van der Waals surface area contributed by atoms with Crippen LogP contribution in [0.2, 0.25) is 0 Å². The molecule has 1 heterocycles. The van der Waals surface area contributed by atoms with Crippen molar-refractivity contribution >= 4 is 11.8 Å². The Morgan fingerprint density at radius 3 is 2.41 bits per heavy atom. The number of carbonyl (C=O) groups is 1. The van der Waals surface area contributed by atoms with Gasteiger partial charge in [-0.3, -0.25) is 9.78 Å². The topological polar surface area (TPSA) is 105 Å². The van der Waals surface area contributed by atoms with Crippen LogP contribution in [0.25, 0.3) is 11.1 Å². The van der Waals surface area contributed by atoms with E-state index in [4.69, 9.17) is 9.84 Å². The molecule has 3 aromatic rings. The summed E-state index contributed by atoms with van der Waals surface area (Å²) in [5.74, 6) is -0.464. The number of ether oxygens (including phenoxy) is 1. The zero-order valence-electron chi connectivity index (χ0n) is 20.4. The molecule has 1 aliphatic rings. The molecule has 0 unspecified atom stereocenters. The van der Waals surface area contributed by atoms with E-state index in [9.17, 15) is 23.1 Å². The van der Waals surface area contributed by atoms with Gasteiger partial charge in [-0.05, 0) is 61.2 Å². The molecule has 37 heavy (non-hydrogen) atoms. The predicted octanol–water partition coefficient (Wildman–Crippen LogP) is 5.50. The fourth-order valence-corrected chi connectivity index (χ4v) is 3.94. The van der Waals surface area contributed by atoms with E-state index < -0.39 is 29.2 Å². The number of aliphatic hydroxyl groups is 1. The smallest absolute Gasteiger partial charge is 0.417 e. The van der Waals surface area contributed by atoms with Crippen molar-refractivity contribution in [3.05, 3.63) is 71.7 Å². The lowest BCUT2D eigenvalue weighted by atomic mass is 9.96. The molecule has 7 nitrogen and oxygen atoms in total. The van der Waals surface area contributed by atoms with Gasteiger partial charge in [0.2, 0.25) is 0 Å². The monoisotopic (exact) mass is 515 g/mol. The Kier molecular flexibility index (Phi) is 7.40. The summed E-state index contributed by atoms with van der Waals surface area (Å²) in [4.78, 5) is 19.6. The average molecular weight is 516 g/mol. The highest BCUT2D eigenvalue weighted by atomic mass is 19.4. The number of anilines is 1. The zero-order chi connectivity index (χ0) is 26.8. The molecule has 1 aromatic heterocycles. The molecule has 0 bridgehead atoms. The predicted molar refractivity (Wildman–Crippen MR) is 131 cm³/mol. The summed E-state index contributed by atoms with van der Waals surface area (Å²) in [5.41, 5.74) is 0.0585. The second-order valence-electron chi connectivity index (χ2n) is 9.78. The van der Waals surface area contributed by atoms with Crippen molar-refractivity contribution in [2.75, 3.05) is 11.9 Å². The summed E-state index contributed by atoms with van der Waals surface area (Å²) in [6, 6.07) is 10.3. The first-order valence-corrected chi connectivity index (χ1v) is 11.8. The number of rotatable bonds is 10. The number of nitrogens with zero attached hydrogens (tertiary/aromatic N) is 2. The lowest BCUT2D eigenvalue weighted by Crippen LogP contribution is -2.21. The van der Waals surface area contributed by atoms with Crippen LogP contribution in [-0.2, 0) is 17.5 Å². The molecule has 1 aliphatic carbocycles. The molecule has 196 valence electrons. The van der Waals surface area contributed by atoms with Gasteiger partial charge < -0.3 is 20.3 Å². The molecule has 1 fully saturated rings. The van der Waals surface area contributed by atoms with Crippen molar-refractivity contribution in [1.82, 2.24) is 9.97 Å². The van der Waals surface area contributed by atoms with E-state index in [0.29, 0.717) is 41.2 Å². The molecule has 0 amide bonds. The number of benzene rings is 2. The minimum absolute atomic E-state index is 0.0460. The summed E-state index contributed by atoms with van der Waals surface area (Å²) in [7, 11) is 0. The summed E-state index contributed by atoms with van der Waals surface area (Å²) < 4.78 is 46.8. The number of halogens is 3. The van der Waals surface area contributed by atoms with Gasteiger partial charge >= 0.3 is 12.1 Å². The minimum Gasteiger partial charge on any atom is -0.493 e. The van der Waals surface area contributed by atoms with Crippen LogP contribution in [0.4, 0.5) is 19.0 Å². The van der Waals surface area contributed by atoms with Crippen LogP contribution in [0.5, 0.6) is 5.75 Å². The van der Waals surface area contributed by atoms with E-state index in [1.54, 1.807) is 38.1 Å². The molecule has 1 saturated carbocycles. The lowest BCUT2D eigenvalue weighted by molar-refractivity contribution is -0.139. The van der Waals surface area contributed by atoms with Gasteiger partial charge in [0, 0.05) is 18.9 Å². The van der Waals surface area contributed by atoms with Crippen molar-refractivity contribution in [2.45, 2.75) is 50.9 Å². The SMILES string of the molecule is CC(C)(O)CCOc1ccc(-c2cc(CNc3cnc([C@H]4C[C@@H]4C(=O)O)cn3)ccc2C(F)(F)F)cc1. The molecule has 3 N–H and O–H groups in total. The third-order valence-electron chi connectivity index (χ3n) is 6.17. The van der Waals surface area contributed by atoms with Crippen molar-refractivity contribution in [1.29, 1.82) is 0 Å². The molecule has 4 rings (SSSR count). The number of carboxylic acid groups (broad SMARTS) is 1. The number of hydrogen-bond acceptors (Lipinski definition) is 6. The highest BCUT2D eigenvalue weighted by Gasteiger charge is 2.45. The Morgan fingerprint density at radius 2 is 1.84 bits per heavy atom. The molecular weight excluding hydrogens is 487 g/mol. The Morgan fingerprint density at radius 1 is 1.11 bits per heavy atom. The molecule has 10 heteroatoms. The average Bonchev–Trinajstić information content (AvgIpc) is 3.63. The van der Waals surface area contributed by atoms with Crippen LogP contribution < -0.4 is 10.1 Å². The summed E-state index contributed by atoms with van der Waals surface area (Å²) in [5, 5.41) is 21.9. The van der Waals surface area contributed by atoms with E-state index in [1.807, 2.05) is 0 Å². The minimum atomic E-state index is -4.53. The lowest BCUT2D eigenvalue weighted by Gasteiger charge is -2.17. The largest absolute Gasteiger partial charge is 0.493 e. The summed E-state index contributed by atoms with van der Waals surface area (Å²) in [6.45, 7) is 3.85. The summed E-state index contributed by atoms with van der Waals surface area (Å²) in [6.07, 6.45) is -0.549. The van der Waals surface area contributed by atoms with E-state index in [1.165, 1.54) is 24.5 Å². The van der Waals surface area contributed by atoms with E-state index in [2.05, 4.69) is 15.3 Å². The normalized spacial score (nSPS) is 17.4. The second-order valence-corrected chi connectivity index (χ2v) is 9.78. The van der Waals surface area contributed by atoms with Crippen LogP contribution in [0.3, 0.4) is 0 Å². The maximum absolute atomic E-state index is 13.7. The molecule has 0 spiro atoms. The Hall–Kier alpha value is -3.66. The van der Waals surface area contributed by atoms with Gasteiger partial charge in [-0.25, -0.2) is 4.98 Å². The van der Waals surface area contributed by atoms with E-state index >= 15 is 0 Å². The number of alkyl halides is 3. The second kappa shape index (κ2) is 10.4. The number of carboxylic acids is 1. The molecule has 2 atom stereocenters. The van der Waals surface area contributed by atoms with Crippen LogP contribution in [0.1, 0.15) is 49.4 Å². The standard InChI is InChI=1S/C27H28F3N3O4/c1-26(2,36)9-10-37-18-6-4-17(5-7-18)19-11-16(3-8-22(19)27(28,29)30)13-32-24-15-31-23(14-33-24)20-12-21(20)25(34)35/h3-8,11,14-15,20-21,36H,9-10,12-13H2,1-2H3,(H,32,33)(H,34,35)/t20-,21-/m0/s1. The molecule has 2 aromatic carbocycles. The van der Waals surface area contributed by atoms with E-state index in [-0.39, 0.29) is 24.6 Å². The van der Waals surface area contributed by atoms with Gasteiger partial charge in [0.15, 0.2) is 0 Å². The fourth-order valence-electron chi connectivity index (χ4n) is 3.94. The molecule has 0 aliphatic heterocycles. The highest BCUT2D eigenvalue weighted by molar-refractivity contribution is 5.75. The van der Waals surface area contributed by atoms with Crippen LogP contribution in [0.15, 0.2) is 54.9 Å². The summed E-state index contributed by atoms with van der Waals surface area (Å²) >= 11 is 0. The quantitative estimate of drug-likeness (QED) is 0.327. The molecular formula is C27H28F3N3O4. The maximum Gasteiger partial charge on any atom is 0.417 e. The third kappa shape index (κ3) is 6.97. The van der Waals surface area contributed by atoms with Crippen LogP contribution in [0, 0.1) is 5.92 Å². The van der Waals surface area contributed by atoms with Crippen molar-refractivity contribution in [3.63, 3.8) is 0 Å². The van der Waals surface area contributed by atoms with Gasteiger partial charge in [-0.2, -0.15) is 13.2 Å².